The first-order valence-corrected chi connectivity index (χ1v) is 4.26. The van der Waals surface area contributed by atoms with E-state index in [1.54, 1.807) is 12.4 Å². The molecule has 1 heterocycles. The number of rotatable bonds is 2. The van der Waals surface area contributed by atoms with Crippen LogP contribution in [0.2, 0.25) is 0 Å². The average molecular weight is 207 g/mol. The van der Waals surface area contributed by atoms with Gasteiger partial charge >= 0.3 is 0 Å². The van der Waals surface area contributed by atoms with Gasteiger partial charge in [0.05, 0.1) is 0 Å². The van der Waals surface area contributed by atoms with Crippen molar-refractivity contribution < 1.29 is 17.1 Å². The molecule has 0 bridgehead atoms. The van der Waals surface area contributed by atoms with Gasteiger partial charge in [0, 0.05) is 29.5 Å². The average Bonchev–Trinajstić information content (AvgIpc) is 2.10. The minimum absolute atomic E-state index is 0. The summed E-state index contributed by atoms with van der Waals surface area (Å²) in [5.74, 6) is 0. The molecule has 0 N–H and O–H groups in total. The summed E-state index contributed by atoms with van der Waals surface area (Å²) >= 11 is 0. The van der Waals surface area contributed by atoms with Crippen molar-refractivity contribution in [1.82, 2.24) is 4.98 Å². The predicted octanol–water partition coefficient (Wildman–Crippen LogP) is 3.28. The quantitative estimate of drug-likeness (QED) is 0.678. The van der Waals surface area contributed by atoms with E-state index in [0.717, 1.165) is 0 Å². The summed E-state index contributed by atoms with van der Waals surface area (Å²) in [7, 11) is 0. The number of hydrogen-bond donors (Lipinski definition) is 0. The van der Waals surface area contributed by atoms with Crippen molar-refractivity contribution in [3.05, 3.63) is 30.6 Å². The van der Waals surface area contributed by atoms with E-state index in [9.17, 15) is 0 Å². The minimum atomic E-state index is 0. The molecule has 0 unspecified atom stereocenters. The summed E-state index contributed by atoms with van der Waals surface area (Å²) in [5, 5.41) is 0. The van der Waals surface area contributed by atoms with Crippen LogP contribution in [0, 0.1) is 0 Å². The molecule has 2 heteroatoms. The van der Waals surface area contributed by atoms with Crippen molar-refractivity contribution >= 4 is 0 Å². The number of unbranched alkanes of at least 4 members (excludes halogenated alkanes) is 2. The van der Waals surface area contributed by atoms with Gasteiger partial charge in [-0.15, -0.1) is 0 Å². The summed E-state index contributed by atoms with van der Waals surface area (Å²) in [6, 6.07) is 5.72. The zero-order chi connectivity index (χ0) is 8.36. The fraction of sp³-hybridized carbons (Fsp3) is 0.500. The molecule has 0 atom stereocenters. The Morgan fingerprint density at radius 2 is 1.42 bits per heavy atom. The number of aromatic nitrogens is 1. The van der Waals surface area contributed by atoms with Crippen molar-refractivity contribution in [1.29, 1.82) is 0 Å². The molecule has 12 heavy (non-hydrogen) atoms. The van der Waals surface area contributed by atoms with E-state index in [-0.39, 0.29) is 17.1 Å². The maximum Gasteiger partial charge on any atom is 0.0267 e. The van der Waals surface area contributed by atoms with E-state index in [0.29, 0.717) is 0 Å². The van der Waals surface area contributed by atoms with Crippen LogP contribution in [-0.2, 0) is 17.1 Å². The summed E-state index contributed by atoms with van der Waals surface area (Å²) in [6.07, 6.45) is 7.58. The fourth-order valence-corrected chi connectivity index (χ4v) is 0.666. The largest absolute Gasteiger partial charge is 0.265 e. The molecule has 0 aliphatic carbocycles. The molecule has 1 nitrogen and oxygen atoms in total. The SMILES string of the molecule is CCCCC.[Fe].c1ccncc1. The van der Waals surface area contributed by atoms with E-state index in [1.165, 1.54) is 19.3 Å². The molecule has 70 valence electrons. The molecular formula is C10H17FeN. The van der Waals surface area contributed by atoms with Gasteiger partial charge in [0.25, 0.3) is 0 Å². The van der Waals surface area contributed by atoms with Crippen molar-refractivity contribution in [3.63, 3.8) is 0 Å². The molecular weight excluding hydrogens is 190 g/mol. The molecule has 0 aliphatic rings. The van der Waals surface area contributed by atoms with Gasteiger partial charge in [-0.05, 0) is 12.1 Å². The van der Waals surface area contributed by atoms with Crippen molar-refractivity contribution in [2.45, 2.75) is 33.1 Å². The van der Waals surface area contributed by atoms with Gasteiger partial charge in [-0.2, -0.15) is 0 Å². The van der Waals surface area contributed by atoms with E-state index in [4.69, 9.17) is 0 Å². The number of hydrogen-bond acceptors (Lipinski definition) is 1. The Morgan fingerprint density at radius 1 is 0.917 bits per heavy atom. The molecule has 0 saturated carbocycles. The van der Waals surface area contributed by atoms with Crippen LogP contribution in [0.3, 0.4) is 0 Å². The van der Waals surface area contributed by atoms with Gasteiger partial charge in [-0.1, -0.05) is 39.2 Å². The molecule has 0 aliphatic heterocycles. The maximum absolute atomic E-state index is 3.78. The van der Waals surface area contributed by atoms with E-state index < -0.39 is 0 Å². The fourth-order valence-electron chi connectivity index (χ4n) is 0.666. The van der Waals surface area contributed by atoms with Crippen LogP contribution in [0.25, 0.3) is 0 Å². The smallest absolute Gasteiger partial charge is 0.0267 e. The molecule has 0 aromatic carbocycles. The van der Waals surface area contributed by atoms with Crippen LogP contribution in [0.4, 0.5) is 0 Å². The Morgan fingerprint density at radius 3 is 1.50 bits per heavy atom. The van der Waals surface area contributed by atoms with Crippen LogP contribution >= 0.6 is 0 Å². The van der Waals surface area contributed by atoms with Gasteiger partial charge in [0.2, 0.25) is 0 Å². The molecule has 1 rings (SSSR count). The zero-order valence-corrected chi connectivity index (χ0v) is 8.91. The van der Waals surface area contributed by atoms with E-state index >= 15 is 0 Å². The Bertz CT molecular complexity index is 113. The number of pyridine rings is 1. The zero-order valence-electron chi connectivity index (χ0n) is 7.81. The first-order valence-electron chi connectivity index (χ1n) is 4.26. The Kier molecular flexibility index (Phi) is 15.7. The summed E-state index contributed by atoms with van der Waals surface area (Å²) in [4.78, 5) is 3.78. The third kappa shape index (κ3) is 12.4. The van der Waals surface area contributed by atoms with E-state index in [1.807, 2.05) is 18.2 Å². The molecule has 1 aromatic rings. The van der Waals surface area contributed by atoms with Gasteiger partial charge in [-0.3, -0.25) is 4.98 Å². The third-order valence-corrected chi connectivity index (χ3v) is 1.27. The van der Waals surface area contributed by atoms with Gasteiger partial charge < -0.3 is 0 Å². The molecule has 1 aromatic heterocycles. The monoisotopic (exact) mass is 207 g/mol. The van der Waals surface area contributed by atoms with Crippen LogP contribution in [-0.4, -0.2) is 4.98 Å². The van der Waals surface area contributed by atoms with Crippen molar-refractivity contribution in [3.8, 4) is 0 Å². The molecule has 0 radical (unpaired) electrons. The second-order valence-corrected chi connectivity index (χ2v) is 2.38. The summed E-state index contributed by atoms with van der Waals surface area (Å²) in [6.45, 7) is 4.42. The second-order valence-electron chi connectivity index (χ2n) is 2.38. The number of nitrogens with zero attached hydrogens (tertiary/aromatic N) is 1. The second kappa shape index (κ2) is 13.3. The summed E-state index contributed by atoms with van der Waals surface area (Å²) in [5.41, 5.74) is 0. The van der Waals surface area contributed by atoms with Gasteiger partial charge in [0.1, 0.15) is 0 Å². The Hall–Kier alpha value is -0.331. The van der Waals surface area contributed by atoms with Crippen LogP contribution in [0.15, 0.2) is 30.6 Å². The molecule has 0 saturated heterocycles. The normalized spacial score (nSPS) is 7.50. The maximum atomic E-state index is 3.78. The topological polar surface area (TPSA) is 12.9 Å². The van der Waals surface area contributed by atoms with Gasteiger partial charge in [0.15, 0.2) is 0 Å². The Balaban J connectivity index is 0. The van der Waals surface area contributed by atoms with E-state index in [2.05, 4.69) is 18.8 Å². The van der Waals surface area contributed by atoms with Crippen LogP contribution < -0.4 is 0 Å². The standard InChI is InChI=1S/C5H5N.C5H12.Fe/c1-2-4-6-5-3-1;1-3-5-4-2;/h1-5H;3-5H2,1-2H3;. The first kappa shape index (κ1) is 14.2. The van der Waals surface area contributed by atoms with Gasteiger partial charge in [-0.25, -0.2) is 0 Å². The molecule has 0 amide bonds. The van der Waals surface area contributed by atoms with Crippen molar-refractivity contribution in [2.24, 2.45) is 0 Å². The molecule has 0 fully saturated rings. The third-order valence-electron chi connectivity index (χ3n) is 1.27. The minimum Gasteiger partial charge on any atom is -0.265 e. The van der Waals surface area contributed by atoms with Crippen LogP contribution in [0.5, 0.6) is 0 Å². The molecule has 0 spiro atoms. The first-order chi connectivity index (χ1) is 5.41. The summed E-state index contributed by atoms with van der Waals surface area (Å²) < 4.78 is 0. The predicted molar refractivity (Wildman–Crippen MR) is 49.4 cm³/mol. The van der Waals surface area contributed by atoms with Crippen LogP contribution in [0.1, 0.15) is 33.1 Å². The van der Waals surface area contributed by atoms with Crippen molar-refractivity contribution in [2.75, 3.05) is 0 Å². The Labute approximate surface area is 86.1 Å².